The maximum atomic E-state index is 12.1. The Balaban J connectivity index is 1.65. The lowest BCUT2D eigenvalue weighted by atomic mass is 10.1. The SMILES string of the molecule is COc1ccc(-c2cc(C(=O)N/N=C\c3ccc(Br)s3)[nH]n2)cc1. The standard InChI is InChI=1S/C16H13BrN4O2S/c1-23-11-4-2-10(3-5-11)13-8-14(20-19-13)16(22)21-18-9-12-6-7-15(17)24-12/h2-9H,1H3,(H,19,20)(H,21,22)/b18-9-. The number of nitrogens with one attached hydrogen (secondary N) is 2. The lowest BCUT2D eigenvalue weighted by Gasteiger charge is -1.99. The van der Waals surface area contributed by atoms with Gasteiger partial charge in [-0.15, -0.1) is 11.3 Å². The monoisotopic (exact) mass is 404 g/mol. The number of halogens is 1. The fraction of sp³-hybridized carbons (Fsp3) is 0.0625. The number of methoxy groups -OCH3 is 1. The van der Waals surface area contributed by atoms with Crippen molar-refractivity contribution in [1.29, 1.82) is 0 Å². The van der Waals surface area contributed by atoms with Crippen LogP contribution in [0.2, 0.25) is 0 Å². The minimum atomic E-state index is -0.353. The normalized spacial score (nSPS) is 10.9. The highest BCUT2D eigenvalue weighted by molar-refractivity contribution is 9.11. The number of H-pyrrole nitrogens is 1. The molecule has 2 aromatic heterocycles. The molecule has 0 aliphatic rings. The van der Waals surface area contributed by atoms with Crippen LogP contribution in [0.5, 0.6) is 5.75 Å². The number of hydrogen-bond acceptors (Lipinski definition) is 5. The Hall–Kier alpha value is -2.45. The molecule has 2 heterocycles. The molecule has 0 saturated carbocycles. The molecule has 1 aromatic carbocycles. The largest absolute Gasteiger partial charge is 0.497 e. The van der Waals surface area contributed by atoms with E-state index >= 15 is 0 Å². The highest BCUT2D eigenvalue weighted by atomic mass is 79.9. The van der Waals surface area contributed by atoms with Gasteiger partial charge in [0.15, 0.2) is 0 Å². The van der Waals surface area contributed by atoms with E-state index in [-0.39, 0.29) is 5.91 Å². The van der Waals surface area contributed by atoms with Crippen LogP contribution in [0.15, 0.2) is 51.4 Å². The van der Waals surface area contributed by atoms with E-state index in [1.807, 2.05) is 36.4 Å². The molecule has 122 valence electrons. The second kappa shape index (κ2) is 7.41. The van der Waals surface area contributed by atoms with Crippen LogP contribution in [0, 0.1) is 0 Å². The maximum Gasteiger partial charge on any atom is 0.289 e. The molecule has 0 bridgehead atoms. The summed E-state index contributed by atoms with van der Waals surface area (Å²) in [5, 5.41) is 10.8. The first-order valence-corrected chi connectivity index (χ1v) is 8.55. The molecule has 0 unspecified atom stereocenters. The van der Waals surface area contributed by atoms with Crippen LogP contribution in [0.1, 0.15) is 15.4 Å². The smallest absolute Gasteiger partial charge is 0.289 e. The average molecular weight is 405 g/mol. The Morgan fingerprint density at radius 2 is 2.12 bits per heavy atom. The number of amides is 1. The fourth-order valence-corrected chi connectivity index (χ4v) is 3.26. The number of carbonyl (C=O) groups excluding carboxylic acids is 1. The zero-order valence-corrected chi connectivity index (χ0v) is 15.0. The third kappa shape index (κ3) is 3.90. The molecule has 0 aliphatic carbocycles. The predicted molar refractivity (Wildman–Crippen MR) is 97.7 cm³/mol. The summed E-state index contributed by atoms with van der Waals surface area (Å²) in [6, 6.07) is 12.9. The van der Waals surface area contributed by atoms with E-state index in [0.29, 0.717) is 11.4 Å². The molecule has 2 N–H and O–H groups in total. The van der Waals surface area contributed by atoms with Crippen molar-refractivity contribution in [2.45, 2.75) is 0 Å². The minimum Gasteiger partial charge on any atom is -0.497 e. The summed E-state index contributed by atoms with van der Waals surface area (Å²) in [6.45, 7) is 0. The van der Waals surface area contributed by atoms with E-state index in [1.54, 1.807) is 19.4 Å². The fourth-order valence-electron chi connectivity index (χ4n) is 1.96. The van der Waals surface area contributed by atoms with Crippen molar-refractivity contribution >= 4 is 39.4 Å². The molecule has 0 radical (unpaired) electrons. The molecule has 0 fully saturated rings. The summed E-state index contributed by atoms with van der Waals surface area (Å²) in [5.41, 5.74) is 4.37. The van der Waals surface area contributed by atoms with Crippen LogP contribution in [0.4, 0.5) is 0 Å². The molecular formula is C16H13BrN4O2S. The van der Waals surface area contributed by atoms with Crippen LogP contribution in [-0.2, 0) is 0 Å². The van der Waals surface area contributed by atoms with E-state index in [0.717, 1.165) is 20.0 Å². The van der Waals surface area contributed by atoms with Crippen molar-refractivity contribution in [3.63, 3.8) is 0 Å². The van der Waals surface area contributed by atoms with Gasteiger partial charge in [-0.3, -0.25) is 9.89 Å². The summed E-state index contributed by atoms with van der Waals surface area (Å²) in [6.07, 6.45) is 1.59. The summed E-state index contributed by atoms with van der Waals surface area (Å²) in [7, 11) is 1.61. The van der Waals surface area contributed by atoms with E-state index in [9.17, 15) is 4.79 Å². The molecule has 6 nitrogen and oxygen atoms in total. The van der Waals surface area contributed by atoms with Crippen molar-refractivity contribution in [1.82, 2.24) is 15.6 Å². The number of thiophene rings is 1. The Labute approximate surface area is 150 Å². The summed E-state index contributed by atoms with van der Waals surface area (Å²) >= 11 is 4.90. The number of hydrogen-bond donors (Lipinski definition) is 2. The van der Waals surface area contributed by atoms with Gasteiger partial charge >= 0.3 is 0 Å². The van der Waals surface area contributed by atoms with Crippen molar-refractivity contribution in [2.24, 2.45) is 5.10 Å². The molecule has 3 rings (SSSR count). The Bertz CT molecular complexity index is 870. The second-order valence-corrected chi connectivity index (χ2v) is 7.23. The van der Waals surface area contributed by atoms with Crippen LogP contribution in [-0.4, -0.2) is 29.4 Å². The molecule has 0 aliphatic heterocycles. The number of aromatic nitrogens is 2. The summed E-state index contributed by atoms with van der Waals surface area (Å²) < 4.78 is 6.13. The molecule has 3 aromatic rings. The highest BCUT2D eigenvalue weighted by Crippen LogP contribution is 2.21. The van der Waals surface area contributed by atoms with E-state index < -0.39 is 0 Å². The van der Waals surface area contributed by atoms with Crippen LogP contribution < -0.4 is 10.2 Å². The van der Waals surface area contributed by atoms with Crippen LogP contribution >= 0.6 is 27.3 Å². The first-order chi connectivity index (χ1) is 11.7. The van der Waals surface area contributed by atoms with E-state index in [2.05, 4.69) is 36.7 Å². The number of rotatable bonds is 5. The second-order valence-electron chi connectivity index (χ2n) is 4.74. The third-order valence-electron chi connectivity index (χ3n) is 3.16. The molecule has 24 heavy (non-hydrogen) atoms. The van der Waals surface area contributed by atoms with Gasteiger partial charge in [0.25, 0.3) is 5.91 Å². The highest BCUT2D eigenvalue weighted by Gasteiger charge is 2.10. The van der Waals surface area contributed by atoms with Gasteiger partial charge in [0.05, 0.1) is 22.8 Å². The number of hydrazone groups is 1. The van der Waals surface area contributed by atoms with Gasteiger partial charge in [-0.25, -0.2) is 5.43 Å². The number of benzene rings is 1. The Morgan fingerprint density at radius 1 is 1.33 bits per heavy atom. The molecule has 0 spiro atoms. The molecule has 8 heteroatoms. The zero-order valence-electron chi connectivity index (χ0n) is 12.6. The van der Waals surface area contributed by atoms with Gasteiger partial charge < -0.3 is 4.74 Å². The third-order valence-corrected chi connectivity index (χ3v) is 4.72. The van der Waals surface area contributed by atoms with Crippen molar-refractivity contribution < 1.29 is 9.53 Å². The Morgan fingerprint density at radius 3 is 2.79 bits per heavy atom. The van der Waals surface area contributed by atoms with Gasteiger partial charge in [-0.2, -0.15) is 10.2 Å². The molecule has 0 saturated heterocycles. The van der Waals surface area contributed by atoms with Crippen LogP contribution in [0.25, 0.3) is 11.3 Å². The maximum absolute atomic E-state index is 12.1. The van der Waals surface area contributed by atoms with Crippen molar-refractivity contribution in [3.8, 4) is 17.0 Å². The zero-order chi connectivity index (χ0) is 16.9. The number of nitrogens with zero attached hydrogens (tertiary/aromatic N) is 2. The van der Waals surface area contributed by atoms with Crippen molar-refractivity contribution in [2.75, 3.05) is 7.11 Å². The Kier molecular flexibility index (Phi) is 5.07. The molecule has 0 atom stereocenters. The van der Waals surface area contributed by atoms with Gasteiger partial charge in [0, 0.05) is 10.4 Å². The minimum absolute atomic E-state index is 0.338. The van der Waals surface area contributed by atoms with E-state index in [1.165, 1.54) is 11.3 Å². The topological polar surface area (TPSA) is 79.4 Å². The van der Waals surface area contributed by atoms with E-state index in [4.69, 9.17) is 4.74 Å². The molecule has 1 amide bonds. The van der Waals surface area contributed by atoms with Gasteiger partial charge in [0.1, 0.15) is 11.4 Å². The van der Waals surface area contributed by atoms with Gasteiger partial charge in [-0.05, 0) is 58.4 Å². The quantitative estimate of drug-likeness (QED) is 0.502. The first-order valence-electron chi connectivity index (χ1n) is 6.94. The van der Waals surface area contributed by atoms with Crippen molar-refractivity contribution in [3.05, 3.63) is 56.8 Å². The molecular weight excluding hydrogens is 392 g/mol. The predicted octanol–water partition coefficient (Wildman–Crippen LogP) is 3.67. The summed E-state index contributed by atoms with van der Waals surface area (Å²) in [4.78, 5) is 13.0. The number of ether oxygens (including phenoxy) is 1. The first kappa shape index (κ1) is 16.4. The lowest BCUT2D eigenvalue weighted by molar-refractivity contribution is 0.0950. The summed E-state index contributed by atoms with van der Waals surface area (Å²) in [5.74, 6) is 0.413. The number of carbonyl (C=O) groups is 1. The number of aromatic amines is 1. The van der Waals surface area contributed by atoms with Gasteiger partial charge in [0.2, 0.25) is 0 Å². The van der Waals surface area contributed by atoms with Crippen LogP contribution in [0.3, 0.4) is 0 Å². The lowest BCUT2D eigenvalue weighted by Crippen LogP contribution is -2.17. The van der Waals surface area contributed by atoms with Gasteiger partial charge in [-0.1, -0.05) is 0 Å². The average Bonchev–Trinajstić information content (AvgIpc) is 3.24.